The topological polar surface area (TPSA) is 252 Å². The number of amides is 2. The number of ether oxygens (including phenoxy) is 5. The van der Waals surface area contributed by atoms with Crippen molar-refractivity contribution in [1.29, 1.82) is 0 Å². The minimum Gasteiger partial charge on any atom is -0.481 e. The lowest BCUT2D eigenvalue weighted by Gasteiger charge is -2.48. The zero-order valence-electron chi connectivity index (χ0n) is 39.5. The second kappa shape index (κ2) is 30.1. The van der Waals surface area contributed by atoms with Gasteiger partial charge in [0.1, 0.15) is 0 Å². The third kappa shape index (κ3) is 18.0. The van der Waals surface area contributed by atoms with Crippen LogP contribution in [0.15, 0.2) is 102 Å². The van der Waals surface area contributed by atoms with Gasteiger partial charge in [-0.2, -0.15) is 8.42 Å². The molecule has 0 saturated carbocycles. The molecule has 0 spiro atoms. The molecule has 3 atom stereocenters. The molecule has 370 valence electrons. The van der Waals surface area contributed by atoms with Gasteiger partial charge >= 0.3 is 23.5 Å². The molecule has 17 nitrogen and oxygen atoms in total. The van der Waals surface area contributed by atoms with E-state index in [0.29, 0.717) is 19.5 Å². The molecule has 2 amide bonds. The smallest absolute Gasteiger partial charge is 0.363 e. The Morgan fingerprint density at radius 3 is 1.72 bits per heavy atom. The van der Waals surface area contributed by atoms with Crippen LogP contribution in [0.2, 0.25) is 0 Å². The van der Waals surface area contributed by atoms with Gasteiger partial charge in [-0.3, -0.25) is 19.2 Å². The number of rotatable bonds is 10. The van der Waals surface area contributed by atoms with E-state index in [9.17, 15) is 29.1 Å². The number of carboxylic acids is 1. The van der Waals surface area contributed by atoms with Gasteiger partial charge in [-0.15, -0.1) is 0 Å². The summed E-state index contributed by atoms with van der Waals surface area (Å²) in [5, 5.41) is 17.1. The lowest BCUT2D eigenvalue weighted by Crippen LogP contribution is -2.55. The number of aromatic nitrogens is 1. The predicted octanol–water partition coefficient (Wildman–Crippen LogP) is 6.01. The van der Waals surface area contributed by atoms with Crippen molar-refractivity contribution in [1.82, 2.24) is 15.6 Å². The van der Waals surface area contributed by atoms with Gasteiger partial charge in [-0.05, 0) is 74.1 Å². The van der Waals surface area contributed by atoms with Crippen molar-refractivity contribution in [2.45, 2.75) is 86.1 Å². The zero-order chi connectivity index (χ0) is 50.3. The number of esters is 1. The fourth-order valence-electron chi connectivity index (χ4n) is 6.86. The molecule has 1 aromatic heterocycles. The summed E-state index contributed by atoms with van der Waals surface area (Å²) in [7, 11) is 6.86. The molecule has 0 radical (unpaired) electrons. The molecule has 4 aromatic carbocycles. The molecular weight excluding hydrogens is 897 g/mol. The van der Waals surface area contributed by atoms with Gasteiger partial charge in [0.2, 0.25) is 17.8 Å². The highest BCUT2D eigenvalue weighted by Crippen LogP contribution is 2.53. The van der Waals surface area contributed by atoms with Gasteiger partial charge in [0, 0.05) is 53.8 Å². The lowest BCUT2D eigenvalue weighted by atomic mass is 9.61. The zero-order valence-corrected chi connectivity index (χ0v) is 40.3. The number of hydrogen-bond acceptors (Lipinski definition) is 13. The fraction of sp³-hybridized carbons (Fsp3) is 0.380. The maximum Gasteiger partial charge on any atom is 0.363 e. The highest BCUT2D eigenvalue weighted by molar-refractivity contribution is 7.51. The fourth-order valence-corrected chi connectivity index (χ4v) is 6.86. The van der Waals surface area contributed by atoms with Gasteiger partial charge in [0.05, 0.1) is 24.5 Å². The van der Waals surface area contributed by atoms with Gasteiger partial charge in [-0.1, -0.05) is 115 Å². The largest absolute Gasteiger partial charge is 0.481 e. The van der Waals surface area contributed by atoms with E-state index >= 15 is 0 Å². The Morgan fingerprint density at radius 2 is 1.24 bits per heavy atom. The summed E-state index contributed by atoms with van der Waals surface area (Å²) < 4.78 is 39.7. The molecule has 2 bridgehead atoms. The van der Waals surface area contributed by atoms with E-state index in [2.05, 4.69) is 61.0 Å². The number of benzene rings is 4. The minimum absolute atomic E-state index is 0. The number of methoxy groups -OCH3 is 5. The number of pyridine rings is 1. The third-order valence-corrected chi connectivity index (χ3v) is 10.6. The Hall–Kier alpha value is -6.41. The van der Waals surface area contributed by atoms with Crippen molar-refractivity contribution in [3.8, 4) is 0 Å². The van der Waals surface area contributed by atoms with E-state index in [1.165, 1.54) is 57.8 Å². The van der Waals surface area contributed by atoms with E-state index in [0.717, 1.165) is 33.0 Å². The van der Waals surface area contributed by atoms with Crippen LogP contribution in [0.25, 0.3) is 10.8 Å². The Kier molecular flexibility index (Phi) is 26.4. The molecule has 3 unspecified atom stereocenters. The maximum atomic E-state index is 11.9. The highest BCUT2D eigenvalue weighted by atomic mass is 32.1. The molecular formula is C50H66N4O13S. The van der Waals surface area contributed by atoms with Crippen LogP contribution in [0.4, 0.5) is 0 Å². The van der Waals surface area contributed by atoms with E-state index in [4.69, 9.17) is 23.6 Å². The molecule has 1 aliphatic carbocycles. The number of carboxylic acid groups (broad SMARTS) is 1. The lowest BCUT2D eigenvalue weighted by molar-refractivity contribution is -0.180. The predicted molar refractivity (Wildman–Crippen MR) is 260 cm³/mol. The van der Waals surface area contributed by atoms with Crippen LogP contribution in [0.1, 0.15) is 77.2 Å². The molecule has 2 aliphatic heterocycles. The van der Waals surface area contributed by atoms with Crippen molar-refractivity contribution in [3.05, 3.63) is 152 Å². The average Bonchev–Trinajstić information content (AvgIpc) is 3.31. The quantitative estimate of drug-likeness (QED) is 0.0795. The number of nitrogens with two attached hydrogens (primary N) is 1. The Labute approximate surface area is 401 Å². The summed E-state index contributed by atoms with van der Waals surface area (Å²) >= 11 is -0.750. The first-order valence-corrected chi connectivity index (χ1v) is 21.5. The van der Waals surface area contributed by atoms with Crippen molar-refractivity contribution in [3.63, 3.8) is 0 Å². The Bertz CT molecular complexity index is 2470. The summed E-state index contributed by atoms with van der Waals surface area (Å²) in [5.41, 5.74) is 13.4. The summed E-state index contributed by atoms with van der Waals surface area (Å²) in [6.07, 6.45) is 0.382. The molecule has 68 heavy (non-hydrogen) atoms. The van der Waals surface area contributed by atoms with Gasteiger partial charge < -0.3 is 50.1 Å². The SMILES string of the molecule is C.COC(=O)C(OC)OC.COC(OC)C(=O)NCc1ccc(C)cc1.Cc1ccc(CN)cc1.Cc1ccc2c(c1)C1CC(C)(C(=O)O)C2NC1=O.Cc1ccc2c[nH]c(=O)cc2c1.O=S=O. The van der Waals surface area contributed by atoms with Crippen LogP contribution in [0.5, 0.6) is 0 Å². The van der Waals surface area contributed by atoms with Crippen LogP contribution in [0.3, 0.4) is 0 Å². The van der Waals surface area contributed by atoms with E-state index in [1.807, 2.05) is 81.4 Å². The minimum atomic E-state index is -0.902. The number of carbonyl (C=O) groups is 4. The first kappa shape index (κ1) is 59.6. The van der Waals surface area contributed by atoms with Gasteiger partial charge in [0.15, 0.2) is 0 Å². The number of fused-ring (bicyclic) bond motifs is 3. The highest BCUT2D eigenvalue weighted by Gasteiger charge is 2.55. The van der Waals surface area contributed by atoms with Crippen LogP contribution >= 0.6 is 0 Å². The number of H-pyrrole nitrogens is 1. The average molecular weight is 963 g/mol. The van der Waals surface area contributed by atoms with Crippen LogP contribution in [-0.2, 0) is 67.5 Å². The third-order valence-electron chi connectivity index (χ3n) is 10.6. The first-order valence-electron chi connectivity index (χ1n) is 20.8. The summed E-state index contributed by atoms with van der Waals surface area (Å²) in [4.78, 5) is 59.0. The van der Waals surface area contributed by atoms with Gasteiger partial charge in [-0.25, -0.2) is 4.79 Å². The normalized spacial score (nSPS) is 15.8. The number of carbonyl (C=O) groups excluding carboxylic acids is 3. The number of piperidine rings is 1. The summed E-state index contributed by atoms with van der Waals surface area (Å²) in [5.74, 6) is -2.02. The molecule has 5 aromatic rings. The Balaban J connectivity index is 0.000000428. The second-order valence-electron chi connectivity index (χ2n) is 15.6. The van der Waals surface area contributed by atoms with Crippen molar-refractivity contribution in [2.75, 3.05) is 35.5 Å². The number of nitrogens with one attached hydrogen (secondary N) is 3. The Morgan fingerprint density at radius 1 is 0.735 bits per heavy atom. The van der Waals surface area contributed by atoms with E-state index in [-0.39, 0.29) is 30.7 Å². The van der Waals surface area contributed by atoms with Gasteiger partial charge in [0.25, 0.3) is 12.2 Å². The standard InChI is InChI=1S/C14H15NO3.C12H17NO3.C10H9NO.C8H11N.C5H10O4.CH4.O2S/c1-7-3-4-8-9(5-7)10-6-14(2,13(17)18)11(8)15-12(10)16;1-9-4-6-10(7-5-9)8-13-11(14)12(15-2)16-3;1-7-2-3-8-6-11-10(12)5-9(8)4-7;1-7-2-4-8(6-9)5-3-7;1-7-4(6)5(8-2)9-3;;1-3-2/h3-5,10-11H,6H2,1-2H3,(H,15,16)(H,17,18);4-7,12H,8H2,1-3H3,(H,13,14);2-6H,1H3,(H,11,12);2-5H,6,9H2,1H3;5H,1-3H3;1H4;. The monoisotopic (exact) mass is 962 g/mol. The summed E-state index contributed by atoms with van der Waals surface area (Å²) in [6, 6.07) is 29.4. The van der Waals surface area contributed by atoms with Crippen LogP contribution in [-0.4, -0.2) is 90.4 Å². The first-order chi connectivity index (χ1) is 31.9. The van der Waals surface area contributed by atoms with E-state index in [1.54, 1.807) is 19.2 Å². The second-order valence-corrected chi connectivity index (χ2v) is 15.7. The molecule has 1 saturated heterocycles. The van der Waals surface area contributed by atoms with Crippen LogP contribution in [0, 0.1) is 33.1 Å². The van der Waals surface area contributed by atoms with Crippen molar-refractivity contribution in [2.24, 2.45) is 11.1 Å². The molecule has 6 N–H and O–H groups in total. The van der Waals surface area contributed by atoms with Crippen molar-refractivity contribution >= 4 is 46.1 Å². The number of aromatic amines is 1. The number of aryl methyl sites for hydroxylation is 4. The summed E-state index contributed by atoms with van der Waals surface area (Å²) in [6.45, 7) is 10.9. The molecule has 3 aliphatic rings. The van der Waals surface area contributed by atoms with Crippen LogP contribution < -0.4 is 21.9 Å². The number of hydrogen-bond donors (Lipinski definition) is 5. The maximum absolute atomic E-state index is 11.9. The van der Waals surface area contributed by atoms with E-state index < -0.39 is 47.5 Å². The van der Waals surface area contributed by atoms with Crippen molar-refractivity contribution < 1.29 is 56.4 Å². The number of aliphatic carboxylic acids is 1. The molecule has 18 heteroatoms. The molecule has 3 heterocycles. The molecule has 1 fully saturated rings. The molecule has 8 rings (SSSR count).